The Labute approximate surface area is 107 Å². The first-order chi connectivity index (χ1) is 7.13. The molecule has 84 valence electrons. The maximum atomic E-state index is 3.55. The van der Waals surface area contributed by atoms with Gasteiger partial charge in [0.1, 0.15) is 0 Å². The first-order valence-electron chi connectivity index (χ1n) is 5.62. The van der Waals surface area contributed by atoms with Crippen LogP contribution in [-0.4, -0.2) is 6.54 Å². The highest BCUT2D eigenvalue weighted by molar-refractivity contribution is 14.1. The summed E-state index contributed by atoms with van der Waals surface area (Å²) in [6.45, 7) is 7.75. The van der Waals surface area contributed by atoms with E-state index >= 15 is 0 Å². The number of nitrogens with one attached hydrogen (secondary N) is 1. The lowest BCUT2D eigenvalue weighted by molar-refractivity contribution is 0.438. The van der Waals surface area contributed by atoms with Crippen LogP contribution < -0.4 is 5.32 Å². The second kappa shape index (κ2) is 6.48. The van der Waals surface area contributed by atoms with E-state index in [0.717, 1.165) is 12.5 Å². The van der Waals surface area contributed by atoms with Crippen molar-refractivity contribution in [2.24, 2.45) is 5.92 Å². The predicted octanol–water partition coefficient (Wildman–Crippen LogP) is 3.99. The van der Waals surface area contributed by atoms with E-state index in [4.69, 9.17) is 0 Å². The molecule has 1 aromatic carbocycles. The molecule has 0 saturated heterocycles. The van der Waals surface area contributed by atoms with Crippen LogP contribution >= 0.6 is 22.6 Å². The summed E-state index contributed by atoms with van der Waals surface area (Å²) in [4.78, 5) is 0. The lowest BCUT2D eigenvalue weighted by atomic mass is 9.97. The van der Waals surface area contributed by atoms with Crippen LogP contribution in [0.5, 0.6) is 0 Å². The van der Waals surface area contributed by atoms with Gasteiger partial charge in [0.25, 0.3) is 0 Å². The molecule has 2 heteroatoms. The van der Waals surface area contributed by atoms with Crippen LogP contribution in [0.3, 0.4) is 0 Å². The van der Waals surface area contributed by atoms with E-state index < -0.39 is 0 Å². The SMILES string of the molecule is CCNC(CC(C)C)c1cccc(I)c1. The van der Waals surface area contributed by atoms with Gasteiger partial charge < -0.3 is 5.32 Å². The molecule has 0 bridgehead atoms. The summed E-state index contributed by atoms with van der Waals surface area (Å²) >= 11 is 2.37. The minimum absolute atomic E-state index is 0.504. The van der Waals surface area contributed by atoms with E-state index in [1.165, 1.54) is 15.6 Å². The summed E-state index contributed by atoms with van der Waals surface area (Å²) in [5.41, 5.74) is 1.41. The van der Waals surface area contributed by atoms with Gasteiger partial charge in [0.15, 0.2) is 0 Å². The highest BCUT2D eigenvalue weighted by Crippen LogP contribution is 2.22. The first-order valence-corrected chi connectivity index (χ1v) is 6.70. The van der Waals surface area contributed by atoms with Gasteiger partial charge in [-0.1, -0.05) is 32.9 Å². The van der Waals surface area contributed by atoms with E-state index in [1.807, 2.05) is 0 Å². The smallest absolute Gasteiger partial charge is 0.0322 e. The average molecular weight is 317 g/mol. The number of hydrogen-bond acceptors (Lipinski definition) is 1. The zero-order valence-electron chi connectivity index (χ0n) is 9.76. The third-order valence-electron chi connectivity index (χ3n) is 2.41. The van der Waals surface area contributed by atoms with Gasteiger partial charge >= 0.3 is 0 Å². The molecule has 1 rings (SSSR count). The van der Waals surface area contributed by atoms with E-state index in [-0.39, 0.29) is 0 Å². The number of halogens is 1. The van der Waals surface area contributed by atoms with Crippen LogP contribution in [0.25, 0.3) is 0 Å². The lowest BCUT2D eigenvalue weighted by Crippen LogP contribution is -2.22. The number of benzene rings is 1. The summed E-state index contributed by atoms with van der Waals surface area (Å²) in [6, 6.07) is 9.28. The Balaban J connectivity index is 2.78. The minimum Gasteiger partial charge on any atom is -0.310 e. The van der Waals surface area contributed by atoms with Gasteiger partial charge in [-0.15, -0.1) is 0 Å². The van der Waals surface area contributed by atoms with Crippen molar-refractivity contribution in [1.29, 1.82) is 0 Å². The summed E-state index contributed by atoms with van der Waals surface area (Å²) in [5, 5.41) is 3.55. The highest BCUT2D eigenvalue weighted by Gasteiger charge is 2.11. The second-order valence-electron chi connectivity index (χ2n) is 4.29. The zero-order chi connectivity index (χ0) is 11.3. The molecule has 0 saturated carbocycles. The fourth-order valence-electron chi connectivity index (χ4n) is 1.78. The van der Waals surface area contributed by atoms with Crippen LogP contribution in [0.2, 0.25) is 0 Å². The molecule has 0 heterocycles. The predicted molar refractivity (Wildman–Crippen MR) is 75.0 cm³/mol. The van der Waals surface area contributed by atoms with Gasteiger partial charge in [-0.2, -0.15) is 0 Å². The van der Waals surface area contributed by atoms with Gasteiger partial charge in [-0.3, -0.25) is 0 Å². The maximum absolute atomic E-state index is 3.55. The number of hydrogen-bond donors (Lipinski definition) is 1. The molecule has 0 amide bonds. The number of rotatable bonds is 5. The molecular formula is C13H20IN. The summed E-state index contributed by atoms with van der Waals surface area (Å²) in [6.07, 6.45) is 1.20. The average Bonchev–Trinajstić information content (AvgIpc) is 2.16. The fourth-order valence-corrected chi connectivity index (χ4v) is 2.35. The topological polar surface area (TPSA) is 12.0 Å². The molecule has 0 spiro atoms. The summed E-state index contributed by atoms with van der Waals surface area (Å²) in [5.74, 6) is 0.729. The van der Waals surface area contributed by atoms with Crippen LogP contribution in [0.1, 0.15) is 38.8 Å². The van der Waals surface area contributed by atoms with Crippen molar-refractivity contribution in [3.05, 3.63) is 33.4 Å². The van der Waals surface area contributed by atoms with Gasteiger partial charge in [-0.25, -0.2) is 0 Å². The molecular weight excluding hydrogens is 297 g/mol. The van der Waals surface area contributed by atoms with Crippen LogP contribution in [0, 0.1) is 9.49 Å². The van der Waals surface area contributed by atoms with Gasteiger partial charge in [0.2, 0.25) is 0 Å². The van der Waals surface area contributed by atoms with Crippen LogP contribution in [-0.2, 0) is 0 Å². The van der Waals surface area contributed by atoms with E-state index in [9.17, 15) is 0 Å². The third-order valence-corrected chi connectivity index (χ3v) is 3.08. The molecule has 0 aliphatic heterocycles. The standard InChI is InChI=1S/C13H20IN/c1-4-15-13(8-10(2)3)11-6-5-7-12(14)9-11/h5-7,9-10,13,15H,4,8H2,1-3H3. The minimum atomic E-state index is 0.504. The fraction of sp³-hybridized carbons (Fsp3) is 0.538. The highest BCUT2D eigenvalue weighted by atomic mass is 127. The van der Waals surface area contributed by atoms with Crippen molar-refractivity contribution in [3.63, 3.8) is 0 Å². The molecule has 1 unspecified atom stereocenters. The van der Waals surface area contributed by atoms with Gasteiger partial charge in [0.05, 0.1) is 0 Å². The molecule has 1 N–H and O–H groups in total. The molecule has 0 aromatic heterocycles. The van der Waals surface area contributed by atoms with Crippen molar-refractivity contribution in [1.82, 2.24) is 5.32 Å². The van der Waals surface area contributed by atoms with E-state index in [1.54, 1.807) is 0 Å². The molecule has 1 nitrogen and oxygen atoms in total. The largest absolute Gasteiger partial charge is 0.310 e. The normalized spacial score (nSPS) is 13.1. The van der Waals surface area contributed by atoms with Crippen LogP contribution in [0.4, 0.5) is 0 Å². The second-order valence-corrected chi connectivity index (χ2v) is 5.54. The lowest BCUT2D eigenvalue weighted by Gasteiger charge is -2.20. The van der Waals surface area contributed by atoms with Gasteiger partial charge in [-0.05, 0) is 59.2 Å². The Hall–Kier alpha value is -0.0900. The molecule has 0 aliphatic rings. The quantitative estimate of drug-likeness (QED) is 0.810. The van der Waals surface area contributed by atoms with Crippen molar-refractivity contribution in [2.45, 2.75) is 33.2 Å². The Morgan fingerprint density at radius 2 is 2.07 bits per heavy atom. The van der Waals surface area contributed by atoms with E-state index in [0.29, 0.717) is 6.04 Å². The molecule has 1 atom stereocenters. The zero-order valence-corrected chi connectivity index (χ0v) is 11.9. The molecule has 1 aromatic rings. The molecule has 15 heavy (non-hydrogen) atoms. The summed E-state index contributed by atoms with van der Waals surface area (Å²) in [7, 11) is 0. The molecule has 0 fully saturated rings. The first kappa shape index (κ1) is 13.0. The maximum Gasteiger partial charge on any atom is 0.0322 e. The van der Waals surface area contributed by atoms with Crippen LogP contribution in [0.15, 0.2) is 24.3 Å². The Kier molecular flexibility index (Phi) is 5.61. The summed E-state index contributed by atoms with van der Waals surface area (Å²) < 4.78 is 1.32. The van der Waals surface area contributed by atoms with Crippen molar-refractivity contribution in [3.8, 4) is 0 Å². The Morgan fingerprint density at radius 1 is 1.33 bits per heavy atom. The van der Waals surface area contributed by atoms with Crippen molar-refractivity contribution in [2.75, 3.05) is 6.54 Å². The third kappa shape index (κ3) is 4.51. The van der Waals surface area contributed by atoms with Gasteiger partial charge in [0, 0.05) is 9.61 Å². The Bertz CT molecular complexity index is 296. The molecule has 0 radical (unpaired) electrons. The van der Waals surface area contributed by atoms with Crippen molar-refractivity contribution >= 4 is 22.6 Å². The molecule has 0 aliphatic carbocycles. The monoisotopic (exact) mass is 317 g/mol. The Morgan fingerprint density at radius 3 is 2.60 bits per heavy atom. The van der Waals surface area contributed by atoms with E-state index in [2.05, 4.69) is 72.9 Å². The van der Waals surface area contributed by atoms with Crippen molar-refractivity contribution < 1.29 is 0 Å².